The van der Waals surface area contributed by atoms with Crippen molar-refractivity contribution in [3.63, 3.8) is 0 Å². The number of hydrogen-bond donors (Lipinski definition) is 1. The maximum Gasteiger partial charge on any atom is 0.331 e. The van der Waals surface area contributed by atoms with Crippen LogP contribution in [0.3, 0.4) is 0 Å². The van der Waals surface area contributed by atoms with Crippen molar-refractivity contribution >= 4 is 30.0 Å². The van der Waals surface area contributed by atoms with Gasteiger partial charge in [0.25, 0.3) is 0 Å². The first-order chi connectivity index (χ1) is 20.6. The topological polar surface area (TPSA) is 125 Å². The summed E-state index contributed by atoms with van der Waals surface area (Å²) < 4.78 is 23.7. The molecule has 0 spiro atoms. The van der Waals surface area contributed by atoms with Crippen LogP contribution in [-0.2, 0) is 38.1 Å². The van der Waals surface area contributed by atoms with Gasteiger partial charge in [-0.2, -0.15) is 0 Å². The zero-order chi connectivity index (χ0) is 32.6. The number of aliphatic hydroxyl groups excluding tert-OH is 1. The SMILES string of the molecule is C=C1[C@@H](OC(=O)/C=C\c2ccccc2)CC[C@@]2(C)[C@@H](OC(C)=O)[C@H](O)C3=C(C)[C@@H](OC(C)=O)C[C@@H]([C@@H](OC(C)=O)[C@H]12)C3(C)C. The fourth-order valence-electron chi connectivity index (χ4n) is 7.90. The average Bonchev–Trinajstić information content (AvgIpc) is 2.92. The monoisotopic (exact) mass is 608 g/mol. The van der Waals surface area contributed by atoms with Gasteiger partial charge in [-0.3, -0.25) is 14.4 Å². The molecule has 2 bridgehead atoms. The van der Waals surface area contributed by atoms with Crippen molar-refractivity contribution in [3.8, 4) is 0 Å². The van der Waals surface area contributed by atoms with E-state index in [1.165, 1.54) is 26.8 Å². The van der Waals surface area contributed by atoms with Crippen LogP contribution < -0.4 is 0 Å². The van der Waals surface area contributed by atoms with Crippen LogP contribution in [0.1, 0.15) is 73.3 Å². The summed E-state index contributed by atoms with van der Waals surface area (Å²) in [5.74, 6) is -3.25. The van der Waals surface area contributed by atoms with Gasteiger partial charge in [0, 0.05) is 44.1 Å². The molecule has 9 heteroatoms. The summed E-state index contributed by atoms with van der Waals surface area (Å²) in [6.07, 6.45) is -0.465. The second-order valence-electron chi connectivity index (χ2n) is 13.1. The summed E-state index contributed by atoms with van der Waals surface area (Å²) in [4.78, 5) is 50.4. The molecule has 0 heterocycles. The van der Waals surface area contributed by atoms with Gasteiger partial charge in [0.1, 0.15) is 30.5 Å². The Kier molecular flexibility index (Phi) is 9.59. The smallest absolute Gasteiger partial charge is 0.331 e. The predicted octanol–water partition coefficient (Wildman–Crippen LogP) is 5.12. The predicted molar refractivity (Wildman–Crippen MR) is 163 cm³/mol. The quantitative estimate of drug-likeness (QED) is 0.203. The molecule has 4 rings (SSSR count). The molecule has 0 unspecified atom stereocenters. The number of esters is 4. The second-order valence-corrected chi connectivity index (χ2v) is 13.1. The van der Waals surface area contributed by atoms with Crippen molar-refractivity contribution in [3.05, 3.63) is 65.3 Å². The summed E-state index contributed by atoms with van der Waals surface area (Å²) in [5, 5.41) is 12.1. The normalized spacial score (nSPS) is 33.0. The average molecular weight is 609 g/mol. The molecule has 238 valence electrons. The molecular formula is C35H44O9. The lowest BCUT2D eigenvalue weighted by atomic mass is 9.49. The molecule has 1 N–H and O–H groups in total. The molecule has 1 aromatic rings. The highest BCUT2D eigenvalue weighted by atomic mass is 16.6. The van der Waals surface area contributed by atoms with Gasteiger partial charge < -0.3 is 24.1 Å². The third kappa shape index (κ3) is 6.39. The van der Waals surface area contributed by atoms with E-state index in [0.717, 1.165) is 5.56 Å². The Morgan fingerprint density at radius 1 is 0.909 bits per heavy atom. The lowest BCUT2D eigenvalue weighted by Crippen LogP contribution is -2.63. The molecule has 0 aromatic heterocycles. The van der Waals surface area contributed by atoms with E-state index < -0.39 is 77.1 Å². The Morgan fingerprint density at radius 3 is 2.11 bits per heavy atom. The Labute approximate surface area is 259 Å². The van der Waals surface area contributed by atoms with Gasteiger partial charge >= 0.3 is 23.9 Å². The number of benzene rings is 1. The van der Waals surface area contributed by atoms with Gasteiger partial charge in [0.2, 0.25) is 0 Å². The number of hydrogen-bond acceptors (Lipinski definition) is 9. The van der Waals surface area contributed by atoms with Crippen molar-refractivity contribution in [2.45, 2.75) is 98.2 Å². The molecule has 3 aliphatic carbocycles. The molecule has 0 amide bonds. The summed E-state index contributed by atoms with van der Waals surface area (Å²) in [7, 11) is 0. The lowest BCUT2D eigenvalue weighted by molar-refractivity contribution is -0.198. The van der Waals surface area contributed by atoms with Gasteiger partial charge in [0.05, 0.1) is 0 Å². The Bertz CT molecular complexity index is 1370. The maximum absolute atomic E-state index is 13.0. The highest BCUT2D eigenvalue weighted by Gasteiger charge is 2.63. The van der Waals surface area contributed by atoms with Gasteiger partial charge in [-0.1, -0.05) is 57.7 Å². The first-order valence-electron chi connectivity index (χ1n) is 15.1. The summed E-state index contributed by atoms with van der Waals surface area (Å²) >= 11 is 0. The van der Waals surface area contributed by atoms with Crippen LogP contribution in [-0.4, -0.2) is 59.5 Å². The van der Waals surface area contributed by atoms with Gasteiger partial charge in [-0.25, -0.2) is 4.79 Å². The van der Waals surface area contributed by atoms with Crippen LogP contribution in [0.4, 0.5) is 0 Å². The summed E-state index contributed by atoms with van der Waals surface area (Å²) in [6, 6.07) is 9.36. The second kappa shape index (κ2) is 12.7. The van der Waals surface area contributed by atoms with Gasteiger partial charge in [-0.05, 0) is 60.0 Å². The maximum atomic E-state index is 13.0. The molecule has 0 radical (unpaired) electrons. The van der Waals surface area contributed by atoms with E-state index in [1.807, 2.05) is 58.0 Å². The Morgan fingerprint density at radius 2 is 1.52 bits per heavy atom. The molecule has 8 atom stereocenters. The Balaban J connectivity index is 1.83. The van der Waals surface area contributed by atoms with Gasteiger partial charge in [-0.15, -0.1) is 0 Å². The van der Waals surface area contributed by atoms with Crippen LogP contribution in [0.15, 0.2) is 59.7 Å². The largest absolute Gasteiger partial charge is 0.462 e. The molecule has 44 heavy (non-hydrogen) atoms. The van der Waals surface area contributed by atoms with Crippen molar-refractivity contribution in [1.29, 1.82) is 0 Å². The number of carbonyl (C=O) groups excluding carboxylic acids is 4. The van der Waals surface area contributed by atoms with Crippen molar-refractivity contribution in [2.75, 3.05) is 0 Å². The number of ether oxygens (including phenoxy) is 4. The summed E-state index contributed by atoms with van der Waals surface area (Å²) in [6.45, 7) is 15.9. The van der Waals surface area contributed by atoms with Crippen molar-refractivity contribution < 1.29 is 43.2 Å². The lowest BCUT2D eigenvalue weighted by Gasteiger charge is -2.59. The standard InChI is InChI=1S/C35H44O9/c1-19-26(44-28(39)15-14-24-12-10-9-11-13-24)16-17-35(8)30(19)32(42-22(4)37)25-18-27(41-21(3)36)20(2)29(34(25,6)7)31(40)33(35)43-23(5)38/h9-15,25-27,30-33,40H,1,16-18H2,2-8H3/b15-14-/t25-,26-,27-,30-,31+,32+,33-,35+/m0/s1. The highest BCUT2D eigenvalue weighted by Crippen LogP contribution is 2.60. The first kappa shape index (κ1) is 33.2. The number of fused-ring (bicyclic) bond motifs is 3. The minimum atomic E-state index is -1.25. The fourth-order valence-corrected chi connectivity index (χ4v) is 7.90. The minimum absolute atomic E-state index is 0.328. The van der Waals surface area contributed by atoms with E-state index in [0.29, 0.717) is 36.0 Å². The molecule has 9 nitrogen and oxygen atoms in total. The van der Waals surface area contributed by atoms with Crippen molar-refractivity contribution in [2.24, 2.45) is 22.7 Å². The third-order valence-corrected chi connectivity index (χ3v) is 9.80. The van der Waals surface area contributed by atoms with Crippen molar-refractivity contribution in [1.82, 2.24) is 0 Å². The molecule has 0 saturated heterocycles. The molecular weight excluding hydrogens is 564 g/mol. The highest BCUT2D eigenvalue weighted by molar-refractivity contribution is 5.87. The fraction of sp³-hybridized carbons (Fsp3) is 0.543. The van der Waals surface area contributed by atoms with E-state index in [9.17, 15) is 24.3 Å². The number of rotatable bonds is 6. The number of aliphatic hydroxyl groups is 1. The molecule has 1 aromatic carbocycles. The molecule has 2 saturated carbocycles. The third-order valence-electron chi connectivity index (χ3n) is 9.80. The van der Waals surface area contributed by atoms with Crippen LogP contribution >= 0.6 is 0 Å². The number of carbonyl (C=O) groups is 4. The van der Waals surface area contributed by atoms with E-state index in [2.05, 4.69) is 6.58 Å². The van der Waals surface area contributed by atoms with Crippen LogP contribution in [0.2, 0.25) is 0 Å². The van der Waals surface area contributed by atoms with Crippen LogP contribution in [0.5, 0.6) is 0 Å². The Hall–Kier alpha value is -3.72. The van der Waals surface area contributed by atoms with E-state index in [-0.39, 0.29) is 0 Å². The zero-order valence-corrected chi connectivity index (χ0v) is 26.6. The van der Waals surface area contributed by atoms with E-state index in [1.54, 1.807) is 6.08 Å². The zero-order valence-electron chi connectivity index (χ0n) is 26.6. The van der Waals surface area contributed by atoms with Crippen LogP contribution in [0, 0.1) is 22.7 Å². The molecule has 2 fully saturated rings. The summed E-state index contributed by atoms with van der Waals surface area (Å²) in [5.41, 5.74) is 0.885. The first-order valence-corrected chi connectivity index (χ1v) is 15.1. The van der Waals surface area contributed by atoms with Crippen LogP contribution in [0.25, 0.3) is 6.08 Å². The van der Waals surface area contributed by atoms with E-state index >= 15 is 0 Å². The van der Waals surface area contributed by atoms with E-state index in [4.69, 9.17) is 18.9 Å². The minimum Gasteiger partial charge on any atom is -0.462 e. The van der Waals surface area contributed by atoms with Gasteiger partial charge in [0.15, 0.2) is 0 Å². The molecule has 3 aliphatic rings. The molecule has 0 aliphatic heterocycles.